The van der Waals surface area contributed by atoms with Crippen LogP contribution >= 0.6 is 0 Å². The van der Waals surface area contributed by atoms with E-state index in [0.29, 0.717) is 12.8 Å². The van der Waals surface area contributed by atoms with Crippen LogP contribution < -0.4 is 11.1 Å². The quantitative estimate of drug-likeness (QED) is 0.638. The molecule has 92 valence electrons. The molecule has 1 aliphatic carbocycles. The van der Waals surface area contributed by atoms with E-state index in [4.69, 9.17) is 10.8 Å². The molecule has 0 aromatic heterocycles. The van der Waals surface area contributed by atoms with E-state index in [2.05, 4.69) is 5.32 Å². The Morgan fingerprint density at radius 1 is 1.44 bits per heavy atom. The first kappa shape index (κ1) is 13.0. The summed E-state index contributed by atoms with van der Waals surface area (Å²) >= 11 is 0. The van der Waals surface area contributed by atoms with Gasteiger partial charge in [-0.05, 0) is 26.7 Å². The number of carboxylic acid groups (broad SMARTS) is 1. The molecule has 0 heterocycles. The standard InChI is InChI=1S/C11H20N2O3/c1-10(2,12)6-8(14)13-7-11(9(15)16)4-3-5-11/h3-7,12H2,1-2H3,(H,13,14)(H,15,16). The molecule has 0 aromatic rings. The summed E-state index contributed by atoms with van der Waals surface area (Å²) in [5, 5.41) is 11.7. The number of amides is 1. The van der Waals surface area contributed by atoms with Gasteiger partial charge in [0.2, 0.25) is 5.91 Å². The maximum Gasteiger partial charge on any atom is 0.311 e. The molecule has 0 bridgehead atoms. The van der Waals surface area contributed by atoms with Gasteiger partial charge < -0.3 is 16.2 Å². The Balaban J connectivity index is 2.39. The van der Waals surface area contributed by atoms with Crippen LogP contribution in [-0.4, -0.2) is 29.1 Å². The summed E-state index contributed by atoms with van der Waals surface area (Å²) in [7, 11) is 0. The number of nitrogens with one attached hydrogen (secondary N) is 1. The predicted octanol–water partition coefficient (Wildman–Crippen LogP) is 0.485. The van der Waals surface area contributed by atoms with Gasteiger partial charge in [0.05, 0.1) is 5.41 Å². The van der Waals surface area contributed by atoms with Crippen LogP contribution in [0.5, 0.6) is 0 Å². The van der Waals surface area contributed by atoms with Crippen LogP contribution in [-0.2, 0) is 9.59 Å². The van der Waals surface area contributed by atoms with Crippen LogP contribution in [0.4, 0.5) is 0 Å². The summed E-state index contributed by atoms with van der Waals surface area (Å²) in [5.74, 6) is -0.994. The molecule has 1 aliphatic rings. The third kappa shape index (κ3) is 3.20. The minimum atomic E-state index is -0.814. The highest BCUT2D eigenvalue weighted by Gasteiger charge is 2.44. The summed E-state index contributed by atoms with van der Waals surface area (Å²) in [4.78, 5) is 22.5. The van der Waals surface area contributed by atoms with Crippen LogP contribution in [0.15, 0.2) is 0 Å². The Morgan fingerprint density at radius 3 is 2.31 bits per heavy atom. The van der Waals surface area contributed by atoms with Gasteiger partial charge >= 0.3 is 5.97 Å². The number of hydrogen-bond acceptors (Lipinski definition) is 3. The highest BCUT2D eigenvalue weighted by molar-refractivity contribution is 5.80. The topological polar surface area (TPSA) is 92.4 Å². The van der Waals surface area contributed by atoms with Crippen LogP contribution in [0.25, 0.3) is 0 Å². The molecule has 0 radical (unpaired) electrons. The van der Waals surface area contributed by atoms with Crippen LogP contribution in [0, 0.1) is 5.41 Å². The summed E-state index contributed by atoms with van der Waals surface area (Å²) in [5.41, 5.74) is 4.42. The summed E-state index contributed by atoms with van der Waals surface area (Å²) < 4.78 is 0. The third-order valence-electron chi connectivity index (χ3n) is 3.00. The number of carbonyl (C=O) groups excluding carboxylic acids is 1. The number of nitrogens with two attached hydrogens (primary N) is 1. The second-order valence-corrected chi connectivity index (χ2v) is 5.38. The molecule has 0 saturated heterocycles. The van der Waals surface area contributed by atoms with E-state index < -0.39 is 16.9 Å². The zero-order valence-corrected chi connectivity index (χ0v) is 9.88. The maximum absolute atomic E-state index is 11.5. The van der Waals surface area contributed by atoms with E-state index in [1.54, 1.807) is 13.8 Å². The lowest BCUT2D eigenvalue weighted by Crippen LogP contribution is -2.49. The van der Waals surface area contributed by atoms with Gasteiger partial charge in [0.25, 0.3) is 0 Å². The van der Waals surface area contributed by atoms with E-state index >= 15 is 0 Å². The molecule has 0 atom stereocenters. The van der Waals surface area contributed by atoms with Crippen molar-refractivity contribution in [3.05, 3.63) is 0 Å². The van der Waals surface area contributed by atoms with Gasteiger partial charge in [0, 0.05) is 18.5 Å². The molecule has 5 nitrogen and oxygen atoms in total. The van der Waals surface area contributed by atoms with Crippen LogP contribution in [0.1, 0.15) is 39.5 Å². The lowest BCUT2D eigenvalue weighted by atomic mass is 9.69. The Kier molecular flexibility index (Phi) is 3.57. The van der Waals surface area contributed by atoms with Crippen LogP contribution in [0.3, 0.4) is 0 Å². The number of aliphatic carboxylic acids is 1. The van der Waals surface area contributed by atoms with Gasteiger partial charge in [0.1, 0.15) is 0 Å². The summed E-state index contributed by atoms with van der Waals surface area (Å²) in [6.07, 6.45) is 2.43. The minimum Gasteiger partial charge on any atom is -0.481 e. The predicted molar refractivity (Wildman–Crippen MR) is 59.8 cm³/mol. The van der Waals surface area contributed by atoms with Crippen molar-refractivity contribution >= 4 is 11.9 Å². The number of rotatable bonds is 5. The first-order chi connectivity index (χ1) is 7.25. The lowest BCUT2D eigenvalue weighted by Gasteiger charge is -2.37. The highest BCUT2D eigenvalue weighted by Crippen LogP contribution is 2.40. The number of hydrogen-bond donors (Lipinski definition) is 3. The van der Waals surface area contributed by atoms with E-state index in [1.165, 1.54) is 0 Å². The van der Waals surface area contributed by atoms with Crippen molar-refractivity contribution in [1.82, 2.24) is 5.32 Å². The zero-order valence-electron chi connectivity index (χ0n) is 9.88. The fraction of sp³-hybridized carbons (Fsp3) is 0.818. The third-order valence-corrected chi connectivity index (χ3v) is 3.00. The van der Waals surface area contributed by atoms with Gasteiger partial charge in [-0.25, -0.2) is 0 Å². The molecule has 16 heavy (non-hydrogen) atoms. The van der Waals surface area contributed by atoms with E-state index in [0.717, 1.165) is 6.42 Å². The fourth-order valence-electron chi connectivity index (χ4n) is 1.81. The molecule has 1 fully saturated rings. The zero-order chi connectivity index (χ0) is 12.4. The van der Waals surface area contributed by atoms with Gasteiger partial charge in [-0.3, -0.25) is 9.59 Å². The molecule has 1 rings (SSSR count). The smallest absolute Gasteiger partial charge is 0.311 e. The van der Waals surface area contributed by atoms with Gasteiger partial charge in [-0.1, -0.05) is 6.42 Å². The highest BCUT2D eigenvalue weighted by atomic mass is 16.4. The van der Waals surface area contributed by atoms with E-state index in [1.807, 2.05) is 0 Å². The molecular formula is C11H20N2O3. The molecular weight excluding hydrogens is 208 g/mol. The maximum atomic E-state index is 11.5. The van der Waals surface area contributed by atoms with Crippen molar-refractivity contribution in [3.8, 4) is 0 Å². The first-order valence-electron chi connectivity index (χ1n) is 5.54. The van der Waals surface area contributed by atoms with Gasteiger partial charge in [0.15, 0.2) is 0 Å². The Hall–Kier alpha value is -1.10. The molecule has 0 unspecified atom stereocenters. The first-order valence-corrected chi connectivity index (χ1v) is 5.54. The Morgan fingerprint density at radius 2 is 2.00 bits per heavy atom. The monoisotopic (exact) mass is 228 g/mol. The van der Waals surface area contributed by atoms with E-state index in [-0.39, 0.29) is 18.9 Å². The largest absolute Gasteiger partial charge is 0.481 e. The molecule has 1 amide bonds. The van der Waals surface area contributed by atoms with Crippen molar-refractivity contribution in [3.63, 3.8) is 0 Å². The van der Waals surface area contributed by atoms with Crippen LogP contribution in [0.2, 0.25) is 0 Å². The lowest BCUT2D eigenvalue weighted by molar-refractivity contribution is -0.154. The Bertz CT molecular complexity index is 290. The van der Waals surface area contributed by atoms with Crippen molar-refractivity contribution in [2.75, 3.05) is 6.54 Å². The fourth-order valence-corrected chi connectivity index (χ4v) is 1.81. The SMILES string of the molecule is CC(C)(N)CC(=O)NCC1(C(=O)O)CCC1. The van der Waals surface area contributed by atoms with Crippen molar-refractivity contribution in [1.29, 1.82) is 0 Å². The number of carboxylic acids is 1. The minimum absolute atomic E-state index is 0.181. The molecule has 4 N–H and O–H groups in total. The average molecular weight is 228 g/mol. The van der Waals surface area contributed by atoms with Crippen molar-refractivity contribution in [2.45, 2.75) is 45.1 Å². The van der Waals surface area contributed by atoms with E-state index in [9.17, 15) is 9.59 Å². The van der Waals surface area contributed by atoms with Crippen molar-refractivity contribution < 1.29 is 14.7 Å². The summed E-state index contributed by atoms with van der Waals surface area (Å²) in [6, 6.07) is 0. The molecule has 1 saturated carbocycles. The molecule has 0 aromatic carbocycles. The normalized spacial score (nSPS) is 18.7. The summed E-state index contributed by atoms with van der Waals surface area (Å²) in [6.45, 7) is 3.75. The van der Waals surface area contributed by atoms with Crippen molar-refractivity contribution in [2.24, 2.45) is 11.1 Å². The molecule has 0 aliphatic heterocycles. The average Bonchev–Trinajstić information content (AvgIpc) is 1.97. The van der Waals surface area contributed by atoms with Gasteiger partial charge in [-0.2, -0.15) is 0 Å². The second-order valence-electron chi connectivity index (χ2n) is 5.38. The van der Waals surface area contributed by atoms with Gasteiger partial charge in [-0.15, -0.1) is 0 Å². The second kappa shape index (κ2) is 4.41. The molecule has 5 heteroatoms. The number of carbonyl (C=O) groups is 2. The Labute approximate surface area is 95.4 Å². The molecule has 0 spiro atoms.